The van der Waals surface area contributed by atoms with E-state index >= 15 is 0 Å². The van der Waals surface area contributed by atoms with Crippen molar-refractivity contribution in [2.45, 2.75) is 19.8 Å². The maximum absolute atomic E-state index is 10.8. The molecule has 2 aromatic rings. The second-order valence-electron chi connectivity index (χ2n) is 4.48. The molecule has 0 aliphatic carbocycles. The Balaban J connectivity index is 2.23. The van der Waals surface area contributed by atoms with E-state index in [0.717, 1.165) is 18.5 Å². The summed E-state index contributed by atoms with van der Waals surface area (Å²) < 4.78 is 5.16. The van der Waals surface area contributed by atoms with Gasteiger partial charge in [-0.3, -0.25) is 10.1 Å². The quantitative estimate of drug-likeness (QED) is 0.493. The molecule has 0 saturated heterocycles. The van der Waals surface area contributed by atoms with Gasteiger partial charge in [0, 0.05) is 24.1 Å². The van der Waals surface area contributed by atoms with E-state index in [9.17, 15) is 10.1 Å². The van der Waals surface area contributed by atoms with Gasteiger partial charge in [-0.05, 0) is 32.5 Å². The van der Waals surface area contributed by atoms with Gasteiger partial charge in [-0.2, -0.15) is 4.98 Å². The minimum Gasteiger partial charge on any atom is -0.339 e. The molecule has 1 aromatic heterocycles. The molecule has 0 atom stereocenters. The number of hydrogen-bond acceptors (Lipinski definition) is 6. The van der Waals surface area contributed by atoms with Crippen LogP contribution < -0.4 is 5.32 Å². The Labute approximate surface area is 116 Å². The minimum atomic E-state index is -0.434. The first kappa shape index (κ1) is 14.1. The summed E-state index contributed by atoms with van der Waals surface area (Å²) in [5.41, 5.74) is 1.52. The van der Waals surface area contributed by atoms with Crippen molar-refractivity contribution in [1.29, 1.82) is 0 Å². The summed E-state index contributed by atoms with van der Waals surface area (Å²) in [6, 6.07) is 4.62. The van der Waals surface area contributed by atoms with Crippen molar-refractivity contribution in [2.75, 3.05) is 13.6 Å². The van der Waals surface area contributed by atoms with Crippen molar-refractivity contribution in [1.82, 2.24) is 15.5 Å². The van der Waals surface area contributed by atoms with Gasteiger partial charge in [0.25, 0.3) is 5.69 Å². The van der Waals surface area contributed by atoms with Crippen LogP contribution in [0.2, 0.25) is 0 Å². The second kappa shape index (κ2) is 6.25. The van der Waals surface area contributed by atoms with Gasteiger partial charge in [-0.1, -0.05) is 11.2 Å². The van der Waals surface area contributed by atoms with Crippen molar-refractivity contribution >= 4 is 5.69 Å². The lowest BCUT2D eigenvalue weighted by molar-refractivity contribution is -0.384. The van der Waals surface area contributed by atoms with E-state index in [4.69, 9.17) is 4.52 Å². The molecule has 0 radical (unpaired) electrons. The van der Waals surface area contributed by atoms with Crippen LogP contribution >= 0.6 is 0 Å². The first-order chi connectivity index (χ1) is 9.61. The molecule has 1 heterocycles. The largest absolute Gasteiger partial charge is 0.339 e. The molecule has 0 bridgehead atoms. The van der Waals surface area contributed by atoms with Crippen molar-refractivity contribution in [3.05, 3.63) is 39.8 Å². The van der Waals surface area contributed by atoms with E-state index in [-0.39, 0.29) is 5.69 Å². The molecule has 106 valence electrons. The van der Waals surface area contributed by atoms with Crippen LogP contribution in [0.25, 0.3) is 11.4 Å². The number of rotatable bonds is 6. The third-order valence-electron chi connectivity index (χ3n) is 2.96. The maximum Gasteiger partial charge on any atom is 0.270 e. The molecule has 1 aromatic carbocycles. The summed E-state index contributed by atoms with van der Waals surface area (Å²) in [5.74, 6) is 0.937. The first-order valence-corrected chi connectivity index (χ1v) is 6.34. The number of aromatic nitrogens is 2. The van der Waals surface area contributed by atoms with Gasteiger partial charge in [-0.15, -0.1) is 0 Å². The Bertz CT molecular complexity index is 609. The summed E-state index contributed by atoms with van der Waals surface area (Å²) in [6.07, 6.45) is 1.58. The van der Waals surface area contributed by atoms with E-state index in [1.54, 1.807) is 6.07 Å². The molecule has 7 nitrogen and oxygen atoms in total. The molecule has 0 spiro atoms. The summed E-state index contributed by atoms with van der Waals surface area (Å²) in [7, 11) is 1.88. The first-order valence-electron chi connectivity index (χ1n) is 6.34. The lowest BCUT2D eigenvalue weighted by atomic mass is 10.1. The van der Waals surface area contributed by atoms with E-state index < -0.39 is 4.92 Å². The average molecular weight is 276 g/mol. The highest BCUT2D eigenvalue weighted by atomic mass is 16.6. The summed E-state index contributed by atoms with van der Waals surface area (Å²) in [6.45, 7) is 2.73. The molecule has 2 rings (SSSR count). The van der Waals surface area contributed by atoms with Crippen LogP contribution in [0.15, 0.2) is 22.7 Å². The molecule has 0 saturated carbocycles. The number of nitrogens with one attached hydrogen (secondary N) is 1. The zero-order valence-corrected chi connectivity index (χ0v) is 11.4. The number of hydrogen-bond donors (Lipinski definition) is 1. The number of nitrogens with zero attached hydrogens (tertiary/aromatic N) is 3. The van der Waals surface area contributed by atoms with Gasteiger partial charge in [0.15, 0.2) is 0 Å². The lowest BCUT2D eigenvalue weighted by Gasteiger charge is -2.00. The third-order valence-corrected chi connectivity index (χ3v) is 2.96. The molecule has 0 fully saturated rings. The van der Waals surface area contributed by atoms with Gasteiger partial charge >= 0.3 is 0 Å². The van der Waals surface area contributed by atoms with Gasteiger partial charge < -0.3 is 9.84 Å². The predicted molar refractivity (Wildman–Crippen MR) is 73.4 cm³/mol. The van der Waals surface area contributed by atoms with Gasteiger partial charge in [-0.25, -0.2) is 0 Å². The Morgan fingerprint density at radius 1 is 1.45 bits per heavy atom. The Morgan fingerprint density at radius 3 is 2.95 bits per heavy atom. The fourth-order valence-electron chi connectivity index (χ4n) is 1.85. The van der Waals surface area contributed by atoms with Gasteiger partial charge in [0.05, 0.1) is 4.92 Å². The van der Waals surface area contributed by atoms with Crippen molar-refractivity contribution in [2.24, 2.45) is 0 Å². The summed E-state index contributed by atoms with van der Waals surface area (Å²) >= 11 is 0. The molecule has 7 heteroatoms. The van der Waals surface area contributed by atoms with Crippen LogP contribution in [0.1, 0.15) is 17.9 Å². The molecule has 0 amide bonds. The van der Waals surface area contributed by atoms with E-state index in [1.165, 1.54) is 12.1 Å². The highest BCUT2D eigenvalue weighted by Crippen LogP contribution is 2.25. The molecular weight excluding hydrogens is 260 g/mol. The van der Waals surface area contributed by atoms with Crippen LogP contribution in [0.3, 0.4) is 0 Å². The van der Waals surface area contributed by atoms with Crippen molar-refractivity contribution in [3.8, 4) is 11.4 Å². The standard InChI is InChI=1S/C13H16N4O3/c1-9-5-6-10(17(18)19)8-11(9)13-15-12(20-16-13)4-3-7-14-2/h5-6,8,14H,3-4,7H2,1-2H3. The van der Waals surface area contributed by atoms with Gasteiger partial charge in [0.2, 0.25) is 11.7 Å². The normalized spacial score (nSPS) is 10.7. The molecule has 20 heavy (non-hydrogen) atoms. The van der Waals surface area contributed by atoms with Crippen molar-refractivity contribution in [3.63, 3.8) is 0 Å². The minimum absolute atomic E-state index is 0.0205. The monoisotopic (exact) mass is 276 g/mol. The second-order valence-corrected chi connectivity index (χ2v) is 4.48. The summed E-state index contributed by atoms with van der Waals surface area (Å²) in [4.78, 5) is 14.7. The Hall–Kier alpha value is -2.28. The van der Waals surface area contributed by atoms with Crippen LogP contribution in [-0.2, 0) is 6.42 Å². The number of nitro groups is 1. The number of nitro benzene ring substituents is 1. The molecule has 1 N–H and O–H groups in total. The van der Waals surface area contributed by atoms with E-state index in [1.807, 2.05) is 14.0 Å². The van der Waals surface area contributed by atoms with Crippen LogP contribution in [0.4, 0.5) is 5.69 Å². The maximum atomic E-state index is 10.8. The van der Waals surface area contributed by atoms with Crippen molar-refractivity contribution < 1.29 is 9.45 Å². The molecule has 0 aliphatic heterocycles. The summed E-state index contributed by atoms with van der Waals surface area (Å²) in [5, 5.41) is 17.7. The SMILES string of the molecule is CNCCCc1nc(-c2cc([N+](=O)[O-])ccc2C)no1. The number of benzene rings is 1. The topological polar surface area (TPSA) is 94.1 Å². The zero-order chi connectivity index (χ0) is 14.5. The third kappa shape index (κ3) is 3.18. The Morgan fingerprint density at radius 2 is 2.25 bits per heavy atom. The lowest BCUT2D eigenvalue weighted by Crippen LogP contribution is -2.08. The van der Waals surface area contributed by atoms with Crippen LogP contribution in [0.5, 0.6) is 0 Å². The molecule has 0 unspecified atom stereocenters. The van der Waals surface area contributed by atoms with E-state index in [2.05, 4.69) is 15.5 Å². The zero-order valence-electron chi connectivity index (χ0n) is 11.4. The van der Waals surface area contributed by atoms with E-state index in [0.29, 0.717) is 23.7 Å². The van der Waals surface area contributed by atoms with Crippen LogP contribution in [-0.4, -0.2) is 28.7 Å². The fourth-order valence-corrected chi connectivity index (χ4v) is 1.85. The average Bonchev–Trinajstić information content (AvgIpc) is 2.88. The Kier molecular flexibility index (Phi) is 4.41. The fraction of sp³-hybridized carbons (Fsp3) is 0.385. The predicted octanol–water partition coefficient (Wildman–Crippen LogP) is 2.11. The van der Waals surface area contributed by atoms with Gasteiger partial charge in [0.1, 0.15) is 0 Å². The van der Waals surface area contributed by atoms with Crippen LogP contribution in [0, 0.1) is 17.0 Å². The highest BCUT2D eigenvalue weighted by molar-refractivity contribution is 5.63. The number of non-ortho nitro benzene ring substituents is 1. The molecular formula is C13H16N4O3. The molecule has 0 aliphatic rings. The smallest absolute Gasteiger partial charge is 0.270 e. The number of aryl methyl sites for hydroxylation is 2. The highest BCUT2D eigenvalue weighted by Gasteiger charge is 2.15.